The number of nitrogens with zero attached hydrogens (tertiary/aromatic N) is 1. The molecular formula is C27H32N2O4S. The lowest BCUT2D eigenvalue weighted by Gasteiger charge is -2.40. The lowest BCUT2D eigenvalue weighted by molar-refractivity contribution is -0.145. The normalized spacial score (nSPS) is 25.5. The average molecular weight is 481 g/mol. The van der Waals surface area contributed by atoms with Crippen LogP contribution < -0.4 is 5.32 Å². The van der Waals surface area contributed by atoms with Crippen molar-refractivity contribution < 1.29 is 19.4 Å². The molecule has 2 fully saturated rings. The van der Waals surface area contributed by atoms with Gasteiger partial charge in [-0.3, -0.25) is 9.59 Å². The molecule has 3 aliphatic heterocycles. The molecule has 6 nitrogen and oxygen atoms in total. The van der Waals surface area contributed by atoms with E-state index in [1.54, 1.807) is 16.7 Å². The van der Waals surface area contributed by atoms with E-state index in [0.29, 0.717) is 19.6 Å². The van der Waals surface area contributed by atoms with Gasteiger partial charge in [0.15, 0.2) is 0 Å². The first kappa shape index (κ1) is 23.4. The standard InChI is InChI=1S/C27H32N2O4S/c1-34-26-10-3-2-7-18(26)22-8-5-13-29(22)27(32)23(30)9-4-6-17-11-12-20-19(14-17)25-15-21(28-20)24(31)16-33-25/h2-3,7,10-12,14,21-22,24-25,28,31H,4-6,8-9,13,15-16H2,1H3/t21-,22-,24-,25-/m1/s1. The van der Waals surface area contributed by atoms with Gasteiger partial charge in [-0.2, -0.15) is 0 Å². The van der Waals surface area contributed by atoms with Crippen LogP contribution in [0.1, 0.15) is 60.9 Å². The molecule has 0 spiro atoms. The third-order valence-electron chi connectivity index (χ3n) is 7.32. The van der Waals surface area contributed by atoms with Crippen LogP contribution in [0, 0.1) is 0 Å². The van der Waals surface area contributed by atoms with Crippen LogP contribution in [0.25, 0.3) is 0 Å². The average Bonchev–Trinajstić information content (AvgIpc) is 3.35. The van der Waals surface area contributed by atoms with Crippen molar-refractivity contribution >= 4 is 29.1 Å². The molecule has 2 bridgehead atoms. The maximum atomic E-state index is 13.0. The number of carbonyl (C=O) groups excluding carboxylic acids is 2. The molecule has 0 unspecified atom stereocenters. The monoisotopic (exact) mass is 480 g/mol. The van der Waals surface area contributed by atoms with Gasteiger partial charge in [0.25, 0.3) is 5.91 Å². The highest BCUT2D eigenvalue weighted by molar-refractivity contribution is 7.98. The molecule has 1 amide bonds. The Labute approximate surface area is 205 Å². The molecule has 7 heteroatoms. The van der Waals surface area contributed by atoms with Gasteiger partial charge in [-0.05, 0) is 55.2 Å². The zero-order chi connectivity index (χ0) is 23.7. The molecule has 2 aromatic rings. The minimum atomic E-state index is -0.475. The first-order valence-electron chi connectivity index (χ1n) is 12.2. The fraction of sp³-hybridized carbons (Fsp3) is 0.481. The Kier molecular flexibility index (Phi) is 6.95. The van der Waals surface area contributed by atoms with Gasteiger partial charge in [-0.25, -0.2) is 0 Å². The number of rotatable bonds is 7. The van der Waals surface area contributed by atoms with Crippen LogP contribution in [0.5, 0.6) is 0 Å². The van der Waals surface area contributed by atoms with E-state index in [-0.39, 0.29) is 36.3 Å². The second-order valence-electron chi connectivity index (χ2n) is 9.47. The molecule has 3 aliphatic rings. The Morgan fingerprint density at radius 3 is 2.91 bits per heavy atom. The number of thioether (sulfide) groups is 1. The van der Waals surface area contributed by atoms with Crippen LogP contribution in [0.15, 0.2) is 47.4 Å². The summed E-state index contributed by atoms with van der Waals surface area (Å²) >= 11 is 1.68. The Hall–Kier alpha value is -2.35. The number of amides is 1. The van der Waals surface area contributed by atoms with Crippen LogP contribution in [0.3, 0.4) is 0 Å². The van der Waals surface area contributed by atoms with Crippen molar-refractivity contribution in [3.63, 3.8) is 0 Å². The molecular weight excluding hydrogens is 448 g/mol. The number of nitrogens with one attached hydrogen (secondary N) is 1. The van der Waals surface area contributed by atoms with Crippen molar-refractivity contribution in [3.05, 3.63) is 59.2 Å². The molecule has 34 heavy (non-hydrogen) atoms. The van der Waals surface area contributed by atoms with Crippen LogP contribution in [-0.2, 0) is 20.7 Å². The van der Waals surface area contributed by atoms with Crippen molar-refractivity contribution in [3.8, 4) is 0 Å². The first-order chi connectivity index (χ1) is 16.5. The van der Waals surface area contributed by atoms with E-state index in [9.17, 15) is 14.7 Å². The third-order valence-corrected chi connectivity index (χ3v) is 8.14. The second kappa shape index (κ2) is 10.1. The predicted octanol–water partition coefficient (Wildman–Crippen LogP) is 4.28. The highest BCUT2D eigenvalue weighted by atomic mass is 32.2. The number of hydrogen-bond acceptors (Lipinski definition) is 6. The van der Waals surface area contributed by atoms with Crippen LogP contribution in [0.4, 0.5) is 5.69 Å². The van der Waals surface area contributed by atoms with Gasteiger partial charge in [0, 0.05) is 35.5 Å². The fourth-order valence-electron chi connectivity index (χ4n) is 5.52. The number of likely N-dealkylation sites (tertiary alicyclic amines) is 1. The van der Waals surface area contributed by atoms with Gasteiger partial charge in [0.05, 0.1) is 30.9 Å². The number of benzene rings is 2. The van der Waals surface area contributed by atoms with Gasteiger partial charge in [0.2, 0.25) is 5.78 Å². The van der Waals surface area contributed by atoms with Crippen molar-refractivity contribution in [1.29, 1.82) is 0 Å². The maximum Gasteiger partial charge on any atom is 0.290 e. The molecule has 180 valence electrons. The summed E-state index contributed by atoms with van der Waals surface area (Å²) in [6.07, 6.45) is 5.81. The van der Waals surface area contributed by atoms with Crippen molar-refractivity contribution in [2.24, 2.45) is 0 Å². The van der Waals surface area contributed by atoms with E-state index in [1.807, 2.05) is 24.5 Å². The number of aliphatic hydroxyl groups is 1. The van der Waals surface area contributed by atoms with Gasteiger partial charge < -0.3 is 20.1 Å². The topological polar surface area (TPSA) is 78.9 Å². The van der Waals surface area contributed by atoms with Crippen LogP contribution >= 0.6 is 11.8 Å². The Morgan fingerprint density at radius 2 is 2.06 bits per heavy atom. The van der Waals surface area contributed by atoms with Gasteiger partial charge in [-0.1, -0.05) is 30.3 Å². The number of ether oxygens (including phenoxy) is 1. The summed E-state index contributed by atoms with van der Waals surface area (Å²) in [5.74, 6) is -0.631. The number of fused-ring (bicyclic) bond motifs is 4. The van der Waals surface area contributed by atoms with Gasteiger partial charge >= 0.3 is 0 Å². The number of aliphatic hydroxyl groups excluding tert-OH is 1. The summed E-state index contributed by atoms with van der Waals surface area (Å²) in [5.41, 5.74) is 4.42. The SMILES string of the molecule is CSc1ccccc1[C@H]1CCCN1C(=O)C(=O)CCCc1ccc2c(c1)[C@H]1C[C@@H](N2)[C@H](O)CO1. The maximum absolute atomic E-state index is 13.0. The minimum Gasteiger partial charge on any atom is -0.389 e. The summed E-state index contributed by atoms with van der Waals surface area (Å²) in [7, 11) is 0. The largest absolute Gasteiger partial charge is 0.389 e. The van der Waals surface area contributed by atoms with Gasteiger partial charge in [-0.15, -0.1) is 11.8 Å². The van der Waals surface area contributed by atoms with E-state index in [4.69, 9.17) is 4.74 Å². The molecule has 5 rings (SSSR count). The number of ketones is 1. The lowest BCUT2D eigenvalue weighted by Crippen LogP contribution is -2.45. The van der Waals surface area contributed by atoms with Crippen molar-refractivity contribution in [2.75, 3.05) is 24.7 Å². The highest BCUT2D eigenvalue weighted by Gasteiger charge is 2.36. The minimum absolute atomic E-state index is 0.00377. The molecule has 2 aromatic carbocycles. The van der Waals surface area contributed by atoms with E-state index in [1.165, 1.54) is 4.90 Å². The fourth-order valence-corrected chi connectivity index (χ4v) is 6.17. The van der Waals surface area contributed by atoms with Crippen LogP contribution in [0.2, 0.25) is 0 Å². The molecule has 0 aromatic heterocycles. The summed E-state index contributed by atoms with van der Waals surface area (Å²) in [4.78, 5) is 28.8. The summed E-state index contributed by atoms with van der Waals surface area (Å²) < 4.78 is 5.84. The summed E-state index contributed by atoms with van der Waals surface area (Å²) in [5, 5.41) is 13.5. The van der Waals surface area contributed by atoms with E-state index in [2.05, 4.69) is 29.6 Å². The lowest BCUT2D eigenvalue weighted by atomic mass is 9.88. The number of aryl methyl sites for hydroxylation is 1. The summed E-state index contributed by atoms with van der Waals surface area (Å²) in [6.45, 7) is 0.994. The van der Waals surface area contributed by atoms with Crippen molar-refractivity contribution in [1.82, 2.24) is 4.90 Å². The number of hydrogen-bond donors (Lipinski definition) is 2. The Morgan fingerprint density at radius 1 is 1.21 bits per heavy atom. The van der Waals surface area contributed by atoms with Crippen LogP contribution in [-0.4, -0.2) is 53.3 Å². The zero-order valence-corrected chi connectivity index (χ0v) is 20.4. The Bertz CT molecular complexity index is 1070. The molecule has 2 N–H and O–H groups in total. The predicted molar refractivity (Wildman–Crippen MR) is 133 cm³/mol. The Balaban J connectivity index is 1.19. The first-order valence-corrected chi connectivity index (χ1v) is 13.4. The third kappa shape index (κ3) is 4.61. The molecule has 2 saturated heterocycles. The van der Waals surface area contributed by atoms with Gasteiger partial charge in [0.1, 0.15) is 0 Å². The number of anilines is 1. The molecule has 4 atom stereocenters. The summed E-state index contributed by atoms with van der Waals surface area (Å²) in [6, 6.07) is 14.4. The molecule has 3 heterocycles. The van der Waals surface area contributed by atoms with E-state index < -0.39 is 6.10 Å². The van der Waals surface area contributed by atoms with E-state index >= 15 is 0 Å². The molecule has 0 radical (unpaired) electrons. The zero-order valence-electron chi connectivity index (χ0n) is 19.5. The highest BCUT2D eigenvalue weighted by Crippen LogP contribution is 2.40. The van der Waals surface area contributed by atoms with E-state index in [0.717, 1.165) is 48.1 Å². The second-order valence-corrected chi connectivity index (χ2v) is 10.3. The van der Waals surface area contributed by atoms with Crippen molar-refractivity contribution in [2.45, 2.75) is 67.7 Å². The molecule has 0 saturated carbocycles. The quantitative estimate of drug-likeness (QED) is 0.455. The molecule has 0 aliphatic carbocycles. The number of Topliss-reactive ketones (excluding diaryl/α,β-unsaturated/α-hetero) is 1. The number of carbonyl (C=O) groups is 2. The smallest absolute Gasteiger partial charge is 0.290 e.